The Morgan fingerprint density at radius 2 is 1.88 bits per heavy atom. The van der Waals surface area contributed by atoms with Crippen molar-refractivity contribution < 1.29 is 22.7 Å². The summed E-state index contributed by atoms with van der Waals surface area (Å²) in [4.78, 5) is 18.0. The van der Waals surface area contributed by atoms with E-state index < -0.39 is 29.3 Å². The molecule has 0 spiro atoms. The van der Waals surface area contributed by atoms with Gasteiger partial charge in [-0.25, -0.2) is 14.8 Å². The third-order valence-electron chi connectivity index (χ3n) is 1.53. The predicted octanol–water partition coefficient (Wildman–Crippen LogP) is 2.45. The van der Waals surface area contributed by atoms with Crippen molar-refractivity contribution in [1.29, 1.82) is 0 Å². The Balaban J connectivity index is 2.97. The van der Waals surface area contributed by atoms with Crippen LogP contribution in [0.1, 0.15) is 37.1 Å². The van der Waals surface area contributed by atoms with Crippen molar-refractivity contribution in [2.75, 3.05) is 0 Å². The number of esters is 1. The smallest absolute Gasteiger partial charge is 0.433 e. The predicted molar refractivity (Wildman–Crippen MR) is 52.2 cm³/mol. The van der Waals surface area contributed by atoms with Crippen LogP contribution in [0.5, 0.6) is 0 Å². The summed E-state index contributed by atoms with van der Waals surface area (Å²) in [5.74, 6) is -1.58. The topological polar surface area (TPSA) is 52.1 Å². The van der Waals surface area contributed by atoms with Crippen LogP contribution in [-0.4, -0.2) is 21.5 Å². The normalized spacial score (nSPS) is 12.4. The molecule has 1 heterocycles. The fourth-order valence-corrected chi connectivity index (χ4v) is 0.939. The Kier molecular flexibility index (Phi) is 3.40. The summed E-state index contributed by atoms with van der Waals surface area (Å²) in [5.41, 5.74) is -1.98. The molecule has 1 aromatic rings. The van der Waals surface area contributed by atoms with E-state index >= 15 is 0 Å². The second kappa shape index (κ2) is 4.31. The van der Waals surface area contributed by atoms with E-state index in [9.17, 15) is 18.0 Å². The van der Waals surface area contributed by atoms with Gasteiger partial charge in [-0.05, 0) is 26.8 Å². The first-order chi connectivity index (χ1) is 7.59. The van der Waals surface area contributed by atoms with Gasteiger partial charge >= 0.3 is 12.1 Å². The zero-order valence-corrected chi connectivity index (χ0v) is 9.50. The van der Waals surface area contributed by atoms with Gasteiger partial charge in [-0.15, -0.1) is 0 Å². The van der Waals surface area contributed by atoms with Gasteiger partial charge in [0.25, 0.3) is 0 Å². The second-order valence-electron chi connectivity index (χ2n) is 4.27. The molecular weight excluding hydrogens is 237 g/mol. The van der Waals surface area contributed by atoms with E-state index in [-0.39, 0.29) is 0 Å². The van der Waals surface area contributed by atoms with Crippen LogP contribution >= 0.6 is 0 Å². The number of hydrogen-bond acceptors (Lipinski definition) is 4. The van der Waals surface area contributed by atoms with E-state index in [0.717, 1.165) is 6.20 Å². The summed E-state index contributed by atoms with van der Waals surface area (Å²) in [5, 5.41) is 0. The summed E-state index contributed by atoms with van der Waals surface area (Å²) in [6, 6.07) is 0.688. The Hall–Kier alpha value is -1.66. The number of hydrogen-bond donors (Lipinski definition) is 0. The standard InChI is InChI=1S/C10H11F3N2O2/c1-9(2,3)17-8(16)7-14-5-4-6(15-7)10(11,12)13/h4-5H,1-3H3. The molecule has 0 saturated heterocycles. The van der Waals surface area contributed by atoms with E-state index in [1.54, 1.807) is 20.8 Å². The van der Waals surface area contributed by atoms with E-state index in [1.165, 1.54) is 0 Å². The van der Waals surface area contributed by atoms with Crippen LogP contribution in [-0.2, 0) is 10.9 Å². The minimum absolute atomic E-state index is 0.602. The fraction of sp³-hybridized carbons (Fsp3) is 0.500. The zero-order chi connectivity index (χ0) is 13.3. The summed E-state index contributed by atoms with van der Waals surface area (Å²) in [6.07, 6.45) is -3.74. The maximum Gasteiger partial charge on any atom is 0.433 e. The number of halogens is 3. The minimum atomic E-state index is -4.61. The lowest BCUT2D eigenvalue weighted by Gasteiger charge is -2.18. The molecule has 0 radical (unpaired) electrons. The molecule has 0 amide bonds. The molecule has 0 fully saturated rings. The van der Waals surface area contributed by atoms with Crippen molar-refractivity contribution in [3.8, 4) is 0 Å². The lowest BCUT2D eigenvalue weighted by atomic mass is 10.2. The molecule has 7 heteroatoms. The van der Waals surface area contributed by atoms with Crippen LogP contribution < -0.4 is 0 Å². The van der Waals surface area contributed by atoms with E-state index in [4.69, 9.17) is 4.74 Å². The molecule has 0 atom stereocenters. The van der Waals surface area contributed by atoms with Crippen molar-refractivity contribution in [3.05, 3.63) is 23.8 Å². The second-order valence-corrected chi connectivity index (χ2v) is 4.27. The first-order valence-corrected chi connectivity index (χ1v) is 4.73. The first-order valence-electron chi connectivity index (χ1n) is 4.73. The highest BCUT2D eigenvalue weighted by Crippen LogP contribution is 2.27. The summed E-state index contributed by atoms with van der Waals surface area (Å²) < 4.78 is 41.8. The summed E-state index contributed by atoms with van der Waals surface area (Å²) in [7, 11) is 0. The lowest BCUT2D eigenvalue weighted by molar-refractivity contribution is -0.141. The highest BCUT2D eigenvalue weighted by atomic mass is 19.4. The molecule has 0 saturated carbocycles. The van der Waals surface area contributed by atoms with Gasteiger partial charge in [-0.2, -0.15) is 13.2 Å². The van der Waals surface area contributed by atoms with Crippen molar-refractivity contribution in [2.24, 2.45) is 0 Å². The van der Waals surface area contributed by atoms with Crippen LogP contribution in [0.15, 0.2) is 12.3 Å². The average Bonchev–Trinajstić information content (AvgIpc) is 2.14. The SMILES string of the molecule is CC(C)(C)OC(=O)c1nccc(C(F)(F)F)n1. The third-order valence-corrected chi connectivity index (χ3v) is 1.53. The molecule has 0 aliphatic heterocycles. The summed E-state index contributed by atoms with van der Waals surface area (Å²) in [6.45, 7) is 4.79. The van der Waals surface area contributed by atoms with Gasteiger partial charge < -0.3 is 4.74 Å². The van der Waals surface area contributed by atoms with Gasteiger partial charge in [0.15, 0.2) is 0 Å². The minimum Gasteiger partial charge on any atom is -0.454 e. The van der Waals surface area contributed by atoms with Crippen LogP contribution in [0.25, 0.3) is 0 Å². The number of carbonyl (C=O) groups is 1. The van der Waals surface area contributed by atoms with E-state index in [2.05, 4.69) is 9.97 Å². The molecule has 1 aromatic heterocycles. The van der Waals surface area contributed by atoms with Crippen LogP contribution in [0, 0.1) is 0 Å². The van der Waals surface area contributed by atoms with E-state index in [1.807, 2.05) is 0 Å². The van der Waals surface area contributed by atoms with Gasteiger partial charge in [0.1, 0.15) is 11.3 Å². The largest absolute Gasteiger partial charge is 0.454 e. The number of alkyl halides is 3. The van der Waals surface area contributed by atoms with Gasteiger partial charge in [0, 0.05) is 6.20 Å². The number of ether oxygens (including phenoxy) is 1. The maximum absolute atomic E-state index is 12.3. The molecule has 94 valence electrons. The molecular formula is C10H11F3N2O2. The van der Waals surface area contributed by atoms with Crippen molar-refractivity contribution in [2.45, 2.75) is 32.5 Å². The van der Waals surface area contributed by atoms with Crippen LogP contribution in [0.3, 0.4) is 0 Å². The van der Waals surface area contributed by atoms with Crippen molar-refractivity contribution in [3.63, 3.8) is 0 Å². The molecule has 0 aromatic carbocycles. The van der Waals surface area contributed by atoms with Gasteiger partial charge in [-0.3, -0.25) is 0 Å². The molecule has 1 rings (SSSR count). The highest BCUT2D eigenvalue weighted by Gasteiger charge is 2.33. The fourth-order valence-electron chi connectivity index (χ4n) is 0.939. The monoisotopic (exact) mass is 248 g/mol. The van der Waals surface area contributed by atoms with Crippen molar-refractivity contribution >= 4 is 5.97 Å². The quantitative estimate of drug-likeness (QED) is 0.716. The number of aromatic nitrogens is 2. The van der Waals surface area contributed by atoms with Gasteiger partial charge in [0.2, 0.25) is 5.82 Å². The van der Waals surface area contributed by atoms with Gasteiger partial charge in [0.05, 0.1) is 0 Å². The molecule has 0 unspecified atom stereocenters. The van der Waals surface area contributed by atoms with Crippen LogP contribution in [0.2, 0.25) is 0 Å². The molecule has 4 nitrogen and oxygen atoms in total. The molecule has 0 aliphatic rings. The molecule has 0 bridgehead atoms. The van der Waals surface area contributed by atoms with Crippen LogP contribution in [0.4, 0.5) is 13.2 Å². The average molecular weight is 248 g/mol. The molecule has 0 aliphatic carbocycles. The highest BCUT2D eigenvalue weighted by molar-refractivity contribution is 5.85. The Labute approximate surface area is 95.8 Å². The number of carbonyl (C=O) groups excluding carboxylic acids is 1. The van der Waals surface area contributed by atoms with Crippen molar-refractivity contribution in [1.82, 2.24) is 9.97 Å². The zero-order valence-electron chi connectivity index (χ0n) is 9.50. The Morgan fingerprint density at radius 1 is 1.29 bits per heavy atom. The lowest BCUT2D eigenvalue weighted by Crippen LogP contribution is -2.25. The Morgan fingerprint density at radius 3 is 2.35 bits per heavy atom. The van der Waals surface area contributed by atoms with Gasteiger partial charge in [-0.1, -0.05) is 0 Å². The summed E-state index contributed by atoms with van der Waals surface area (Å²) >= 11 is 0. The first kappa shape index (κ1) is 13.4. The number of rotatable bonds is 1. The molecule has 0 N–H and O–H groups in total. The maximum atomic E-state index is 12.3. The molecule has 17 heavy (non-hydrogen) atoms. The Bertz CT molecular complexity index is 424. The number of nitrogens with zero attached hydrogens (tertiary/aromatic N) is 2. The van der Waals surface area contributed by atoms with E-state index in [0.29, 0.717) is 6.07 Å². The third kappa shape index (κ3) is 4.01.